The van der Waals surface area contributed by atoms with E-state index in [2.05, 4.69) is 17.4 Å². The number of halogens is 1. The minimum atomic E-state index is -0.961. The van der Waals surface area contributed by atoms with Crippen molar-refractivity contribution in [3.05, 3.63) is 58.7 Å². The largest absolute Gasteiger partial charge is 0.480 e. The smallest absolute Gasteiger partial charge is 0.325 e. The van der Waals surface area contributed by atoms with Gasteiger partial charge in [-0.25, -0.2) is 4.39 Å². The Kier molecular flexibility index (Phi) is 8.69. The molecule has 0 spiro atoms. The van der Waals surface area contributed by atoms with Crippen LogP contribution in [0.15, 0.2) is 30.3 Å². The van der Waals surface area contributed by atoms with E-state index in [0.29, 0.717) is 31.9 Å². The van der Waals surface area contributed by atoms with Crippen LogP contribution in [0.4, 0.5) is 10.1 Å². The molecule has 3 atom stereocenters. The first kappa shape index (κ1) is 26.1. The van der Waals surface area contributed by atoms with Crippen molar-refractivity contribution in [1.29, 1.82) is 0 Å². The maximum atomic E-state index is 14.2. The quantitative estimate of drug-likeness (QED) is 0.408. The molecule has 0 radical (unpaired) electrons. The van der Waals surface area contributed by atoms with Gasteiger partial charge in [-0.2, -0.15) is 0 Å². The van der Waals surface area contributed by atoms with Crippen LogP contribution in [-0.4, -0.2) is 59.9 Å². The molecule has 0 bridgehead atoms. The number of aryl methyl sites for hydroxylation is 2. The highest BCUT2D eigenvalue weighted by molar-refractivity contribution is 5.76. The lowest BCUT2D eigenvalue weighted by molar-refractivity contribution is -0.143. The fraction of sp³-hybridized carbons (Fsp3) is 0.586. The Balaban J connectivity index is 1.08. The summed E-state index contributed by atoms with van der Waals surface area (Å²) in [5.41, 5.74) is 4.83. The summed E-state index contributed by atoms with van der Waals surface area (Å²) < 4.78 is 26.1. The van der Waals surface area contributed by atoms with Crippen LogP contribution >= 0.6 is 0 Å². The number of hydrogen-bond donors (Lipinski definition) is 2. The number of aliphatic carboxylic acids is 1. The lowest BCUT2D eigenvalue weighted by Crippen LogP contribution is -2.34. The average Bonchev–Trinajstić information content (AvgIpc) is 3.59. The molecule has 1 aromatic carbocycles. The molecule has 0 aliphatic carbocycles. The molecule has 200 valence electrons. The number of hydrogen-bond acceptors (Lipinski definition) is 6. The number of benzene rings is 1. The molecule has 2 aromatic rings. The Hall–Kier alpha value is -2.55. The Morgan fingerprint density at radius 3 is 2.97 bits per heavy atom. The van der Waals surface area contributed by atoms with Gasteiger partial charge < -0.3 is 19.9 Å². The summed E-state index contributed by atoms with van der Waals surface area (Å²) in [4.78, 5) is 19.1. The van der Waals surface area contributed by atoms with E-state index in [1.807, 2.05) is 4.90 Å². The van der Waals surface area contributed by atoms with Crippen molar-refractivity contribution in [3.63, 3.8) is 0 Å². The Labute approximate surface area is 218 Å². The average molecular weight is 512 g/mol. The summed E-state index contributed by atoms with van der Waals surface area (Å²) in [5, 5.41) is 13.5. The van der Waals surface area contributed by atoms with Crippen LogP contribution in [0.25, 0.3) is 0 Å². The number of carbonyl (C=O) groups is 1. The van der Waals surface area contributed by atoms with E-state index in [4.69, 9.17) is 14.5 Å². The molecule has 3 aliphatic rings. The number of pyridine rings is 1. The fourth-order valence-corrected chi connectivity index (χ4v) is 5.86. The van der Waals surface area contributed by atoms with Crippen LogP contribution in [0.1, 0.15) is 79.6 Å². The van der Waals surface area contributed by atoms with Gasteiger partial charge in [0, 0.05) is 38.5 Å². The topological polar surface area (TPSA) is 83.9 Å². The highest BCUT2D eigenvalue weighted by Gasteiger charge is 2.37. The van der Waals surface area contributed by atoms with Gasteiger partial charge in [0.05, 0.1) is 23.6 Å². The molecule has 4 heterocycles. The third kappa shape index (κ3) is 6.48. The number of fused-ring (bicyclic) bond motifs is 1. The van der Waals surface area contributed by atoms with E-state index in [-0.39, 0.29) is 12.2 Å². The molecule has 37 heavy (non-hydrogen) atoms. The van der Waals surface area contributed by atoms with Gasteiger partial charge >= 0.3 is 5.97 Å². The summed E-state index contributed by atoms with van der Waals surface area (Å²) in [5.74, 6) is -1.38. The number of anilines is 1. The summed E-state index contributed by atoms with van der Waals surface area (Å²) in [6.45, 7) is 3.50. The third-order valence-electron chi connectivity index (χ3n) is 7.76. The van der Waals surface area contributed by atoms with E-state index < -0.39 is 17.8 Å². The van der Waals surface area contributed by atoms with Crippen LogP contribution in [0.5, 0.6) is 0 Å². The zero-order valence-electron chi connectivity index (χ0n) is 21.5. The molecule has 1 aromatic heterocycles. The van der Waals surface area contributed by atoms with Gasteiger partial charge in [-0.05, 0) is 86.8 Å². The van der Waals surface area contributed by atoms with Crippen LogP contribution in [0, 0.1) is 5.82 Å². The standard InChI is InChI=1S/C29H38FN3O4/c30-20-9-11-23(27-8-5-17-37-27)24(18-20)28(29(34)35)33-15-13-22(19-33)36-16-3-1-2-6-21-10-12-25-26(32-21)7-4-14-31-25/h9-12,18,22,27-28,31H,1-8,13-17,19H2,(H,34,35)/t22-,27?,28?/m1/s1. The number of nitrogens with zero attached hydrogens (tertiary/aromatic N) is 2. The second kappa shape index (κ2) is 12.3. The van der Waals surface area contributed by atoms with Crippen molar-refractivity contribution >= 4 is 11.7 Å². The van der Waals surface area contributed by atoms with E-state index in [0.717, 1.165) is 75.6 Å². The summed E-state index contributed by atoms with van der Waals surface area (Å²) in [7, 11) is 0. The van der Waals surface area contributed by atoms with E-state index in [1.165, 1.54) is 23.5 Å². The number of unbranched alkanes of at least 4 members (excludes halogenated alkanes) is 2. The van der Waals surface area contributed by atoms with Crippen LogP contribution in [0.2, 0.25) is 0 Å². The Bertz CT molecular complexity index is 1080. The molecule has 7 nitrogen and oxygen atoms in total. The number of carboxylic acids is 1. The summed E-state index contributed by atoms with van der Waals surface area (Å²) in [6.07, 6.45) is 8.66. The zero-order chi connectivity index (χ0) is 25.6. The molecule has 3 aliphatic heterocycles. The predicted molar refractivity (Wildman–Crippen MR) is 139 cm³/mol. The highest BCUT2D eigenvalue weighted by atomic mass is 19.1. The second-order valence-corrected chi connectivity index (χ2v) is 10.4. The number of likely N-dealkylation sites (tertiary alicyclic amines) is 1. The van der Waals surface area contributed by atoms with Crippen molar-refractivity contribution in [3.8, 4) is 0 Å². The summed E-state index contributed by atoms with van der Waals surface area (Å²) >= 11 is 0. The van der Waals surface area contributed by atoms with Gasteiger partial charge in [-0.1, -0.05) is 12.5 Å². The number of rotatable bonds is 11. The van der Waals surface area contributed by atoms with Gasteiger partial charge in [0.25, 0.3) is 0 Å². The Morgan fingerprint density at radius 1 is 1.22 bits per heavy atom. The van der Waals surface area contributed by atoms with Crippen molar-refractivity contribution in [2.75, 3.05) is 38.2 Å². The minimum absolute atomic E-state index is 0.00333. The van der Waals surface area contributed by atoms with Crippen molar-refractivity contribution in [1.82, 2.24) is 9.88 Å². The number of ether oxygens (including phenoxy) is 2. The molecular formula is C29H38FN3O4. The molecule has 0 amide bonds. The molecule has 0 saturated carbocycles. The monoisotopic (exact) mass is 511 g/mol. The van der Waals surface area contributed by atoms with E-state index in [9.17, 15) is 14.3 Å². The SMILES string of the molecule is O=C(O)C(c1cc(F)ccc1C1CCCO1)N1CC[C@@H](OCCCCCc2ccc3c(n2)CCCN3)C1. The van der Waals surface area contributed by atoms with E-state index >= 15 is 0 Å². The van der Waals surface area contributed by atoms with Gasteiger partial charge in [0.1, 0.15) is 11.9 Å². The molecule has 2 N–H and O–H groups in total. The molecule has 2 unspecified atom stereocenters. The van der Waals surface area contributed by atoms with Crippen LogP contribution in [-0.2, 0) is 27.1 Å². The maximum absolute atomic E-state index is 14.2. The molecular weight excluding hydrogens is 473 g/mol. The normalized spacial score (nSPS) is 22.5. The lowest BCUT2D eigenvalue weighted by Gasteiger charge is -2.28. The molecule has 8 heteroatoms. The second-order valence-electron chi connectivity index (χ2n) is 10.4. The third-order valence-corrected chi connectivity index (χ3v) is 7.76. The van der Waals surface area contributed by atoms with Crippen molar-refractivity contribution < 1.29 is 23.8 Å². The number of aromatic nitrogens is 1. The lowest BCUT2D eigenvalue weighted by atomic mass is 9.94. The summed E-state index contributed by atoms with van der Waals surface area (Å²) in [6, 6.07) is 7.85. The van der Waals surface area contributed by atoms with Crippen molar-refractivity contribution in [2.45, 2.75) is 76.0 Å². The maximum Gasteiger partial charge on any atom is 0.325 e. The number of nitrogens with one attached hydrogen (secondary N) is 1. The molecule has 2 saturated heterocycles. The fourth-order valence-electron chi connectivity index (χ4n) is 5.86. The zero-order valence-corrected chi connectivity index (χ0v) is 21.5. The van der Waals surface area contributed by atoms with Crippen LogP contribution < -0.4 is 5.32 Å². The first-order valence-electron chi connectivity index (χ1n) is 13.8. The predicted octanol–water partition coefficient (Wildman–Crippen LogP) is 5.06. The first-order valence-corrected chi connectivity index (χ1v) is 13.8. The van der Waals surface area contributed by atoms with Gasteiger partial charge in [0.15, 0.2) is 0 Å². The first-order chi connectivity index (χ1) is 18.1. The van der Waals surface area contributed by atoms with Gasteiger partial charge in [-0.3, -0.25) is 14.7 Å². The van der Waals surface area contributed by atoms with Crippen molar-refractivity contribution in [2.24, 2.45) is 0 Å². The van der Waals surface area contributed by atoms with Gasteiger partial charge in [0.2, 0.25) is 0 Å². The molecule has 2 fully saturated rings. The van der Waals surface area contributed by atoms with Gasteiger partial charge in [-0.15, -0.1) is 0 Å². The van der Waals surface area contributed by atoms with E-state index in [1.54, 1.807) is 6.07 Å². The highest BCUT2D eigenvalue weighted by Crippen LogP contribution is 2.37. The minimum Gasteiger partial charge on any atom is -0.480 e. The molecule has 5 rings (SSSR count). The van der Waals surface area contributed by atoms with Crippen LogP contribution in [0.3, 0.4) is 0 Å². The Morgan fingerprint density at radius 2 is 2.14 bits per heavy atom. The number of carboxylic acid groups (broad SMARTS) is 1.